The summed E-state index contributed by atoms with van der Waals surface area (Å²) in [5, 5.41) is 0. The van der Waals surface area contributed by atoms with Crippen molar-refractivity contribution in [3.8, 4) is 28.4 Å². The van der Waals surface area contributed by atoms with Gasteiger partial charge < -0.3 is 13.6 Å². The molecule has 0 radical (unpaired) electrons. The fourth-order valence-corrected chi connectivity index (χ4v) is 4.86. The van der Waals surface area contributed by atoms with Crippen molar-refractivity contribution in [1.29, 1.82) is 0 Å². The van der Waals surface area contributed by atoms with E-state index in [1.165, 1.54) is 0 Å². The van der Waals surface area contributed by atoms with Crippen LogP contribution in [0.25, 0.3) is 11.1 Å². The van der Waals surface area contributed by atoms with Crippen molar-refractivity contribution in [2.75, 3.05) is 0 Å². The van der Waals surface area contributed by atoms with E-state index in [4.69, 9.17) is 13.6 Å². The van der Waals surface area contributed by atoms with Gasteiger partial charge in [-0.15, -0.1) is 0 Å². The van der Waals surface area contributed by atoms with Crippen LogP contribution in [0.2, 0.25) is 0 Å². The molecule has 0 heterocycles. The topological polar surface area (TPSA) is 44.8 Å². The van der Waals surface area contributed by atoms with Gasteiger partial charge in [0.15, 0.2) is 0 Å². The minimum absolute atomic E-state index is 0.404. The maximum atomic E-state index is 13.9. The third-order valence-corrected chi connectivity index (χ3v) is 6.58. The molecule has 5 heteroatoms. The van der Waals surface area contributed by atoms with Gasteiger partial charge in [-0.25, -0.2) is 0 Å². The first-order valence-corrected chi connectivity index (χ1v) is 12.6. The number of aryl methyl sites for hydroxylation is 2. The van der Waals surface area contributed by atoms with E-state index >= 15 is 0 Å². The van der Waals surface area contributed by atoms with Gasteiger partial charge in [0.2, 0.25) is 0 Å². The Hall–Kier alpha value is -3.49. The van der Waals surface area contributed by atoms with Gasteiger partial charge in [-0.1, -0.05) is 92.7 Å². The van der Waals surface area contributed by atoms with E-state index in [1.807, 2.05) is 92.7 Å². The van der Waals surface area contributed by atoms with E-state index in [-0.39, 0.29) is 0 Å². The van der Waals surface area contributed by atoms with E-state index in [1.54, 1.807) is 24.3 Å². The molecule has 0 aromatic heterocycles. The lowest BCUT2D eigenvalue weighted by Crippen LogP contribution is -2.09. The van der Waals surface area contributed by atoms with Crippen LogP contribution in [0.5, 0.6) is 17.2 Å². The van der Waals surface area contributed by atoms with Crippen LogP contribution >= 0.6 is 7.82 Å². The van der Waals surface area contributed by atoms with Crippen LogP contribution in [-0.4, -0.2) is 0 Å². The van der Waals surface area contributed by atoms with Gasteiger partial charge in [0, 0.05) is 0 Å². The van der Waals surface area contributed by atoms with Crippen molar-refractivity contribution in [2.24, 2.45) is 0 Å². The number of para-hydroxylation sites is 2. The summed E-state index contributed by atoms with van der Waals surface area (Å²) in [6.45, 7) is 4.03. The van der Waals surface area contributed by atoms with Gasteiger partial charge in [-0.2, -0.15) is 4.57 Å². The monoisotopic (exact) mass is 458 g/mol. The summed E-state index contributed by atoms with van der Waals surface area (Å²) in [5.74, 6) is 1.37. The lowest BCUT2D eigenvalue weighted by Gasteiger charge is -2.21. The normalized spacial score (nSPS) is 11.1. The summed E-state index contributed by atoms with van der Waals surface area (Å²) in [6.07, 6.45) is 1.46. The van der Waals surface area contributed by atoms with Gasteiger partial charge in [-0.3, -0.25) is 0 Å². The highest BCUT2D eigenvalue weighted by Gasteiger charge is 2.34. The SMILES string of the molecule is CCc1ccccc1OP(=O)(Oc1ccc(-c2ccccc2)cc1)Oc1ccccc1CC. The van der Waals surface area contributed by atoms with Crippen molar-refractivity contribution in [3.05, 3.63) is 114 Å². The van der Waals surface area contributed by atoms with E-state index in [9.17, 15) is 4.57 Å². The third-order valence-electron chi connectivity index (χ3n) is 5.31. The Balaban J connectivity index is 1.65. The molecule has 0 aliphatic heterocycles. The second-order valence-corrected chi connectivity index (χ2v) is 8.98. The molecular weight excluding hydrogens is 431 g/mol. The lowest BCUT2D eigenvalue weighted by molar-refractivity contribution is 0.296. The van der Waals surface area contributed by atoms with Crippen molar-refractivity contribution in [1.82, 2.24) is 0 Å². The molecule has 0 fully saturated rings. The lowest BCUT2D eigenvalue weighted by atomic mass is 10.1. The van der Waals surface area contributed by atoms with Crippen LogP contribution in [0.1, 0.15) is 25.0 Å². The molecule has 0 aliphatic carbocycles. The number of rotatable bonds is 9. The number of phosphoric ester groups is 1. The minimum atomic E-state index is -4.05. The quantitative estimate of drug-likeness (QED) is 0.238. The summed E-state index contributed by atoms with van der Waals surface area (Å²) in [7, 11) is -4.05. The van der Waals surface area contributed by atoms with E-state index in [0.29, 0.717) is 17.2 Å². The summed E-state index contributed by atoms with van der Waals surface area (Å²) >= 11 is 0. The molecule has 4 aromatic carbocycles. The van der Waals surface area contributed by atoms with Gasteiger partial charge in [-0.05, 0) is 59.4 Å². The molecule has 0 unspecified atom stereocenters. The summed E-state index contributed by atoms with van der Waals surface area (Å²) in [6, 6.07) is 32.4. The predicted molar refractivity (Wildman–Crippen MR) is 133 cm³/mol. The summed E-state index contributed by atoms with van der Waals surface area (Å²) in [4.78, 5) is 0. The van der Waals surface area contributed by atoms with Gasteiger partial charge in [0.25, 0.3) is 0 Å². The molecule has 0 bridgehead atoms. The van der Waals surface area contributed by atoms with Crippen LogP contribution in [0.3, 0.4) is 0 Å². The Morgan fingerprint density at radius 3 is 1.52 bits per heavy atom. The Kier molecular flexibility index (Phi) is 7.16. The second-order valence-electron chi connectivity index (χ2n) is 7.53. The zero-order valence-electron chi connectivity index (χ0n) is 18.8. The largest absolute Gasteiger partial charge is 0.647 e. The van der Waals surface area contributed by atoms with Crippen LogP contribution in [0, 0.1) is 0 Å². The number of benzene rings is 4. The molecule has 168 valence electrons. The molecule has 0 saturated heterocycles. The van der Waals surface area contributed by atoms with Crippen LogP contribution in [0.15, 0.2) is 103 Å². The fourth-order valence-electron chi connectivity index (χ4n) is 3.53. The molecule has 4 aromatic rings. The van der Waals surface area contributed by atoms with E-state index in [0.717, 1.165) is 35.1 Å². The highest BCUT2D eigenvalue weighted by Crippen LogP contribution is 2.51. The molecule has 33 heavy (non-hydrogen) atoms. The number of phosphoric acid groups is 1. The molecule has 0 N–H and O–H groups in total. The molecule has 0 saturated carbocycles. The molecule has 4 nitrogen and oxygen atoms in total. The Morgan fingerprint density at radius 2 is 1.00 bits per heavy atom. The molecule has 0 amide bonds. The summed E-state index contributed by atoms with van der Waals surface area (Å²) in [5.41, 5.74) is 3.97. The zero-order valence-corrected chi connectivity index (χ0v) is 19.7. The van der Waals surface area contributed by atoms with Crippen LogP contribution < -0.4 is 13.6 Å². The molecule has 0 atom stereocenters. The molecule has 0 aliphatic rings. The van der Waals surface area contributed by atoms with E-state index < -0.39 is 7.82 Å². The van der Waals surface area contributed by atoms with Crippen molar-refractivity contribution in [3.63, 3.8) is 0 Å². The first-order chi connectivity index (χ1) is 16.1. The van der Waals surface area contributed by atoms with Gasteiger partial charge in [0.05, 0.1) is 0 Å². The summed E-state index contributed by atoms with van der Waals surface area (Å²) < 4.78 is 31.8. The molecular formula is C28H27O4P. The maximum Gasteiger partial charge on any atom is 0.647 e. The number of hydrogen-bond donors (Lipinski definition) is 0. The van der Waals surface area contributed by atoms with Crippen molar-refractivity contribution in [2.45, 2.75) is 26.7 Å². The standard InChI is InChI=1S/C28H27O4P/c1-3-22-12-8-10-16-27(22)31-33(29,32-28-17-11-9-13-23(28)4-2)30-26-20-18-25(19-21-26)24-14-6-5-7-15-24/h5-21H,3-4H2,1-2H3. The fraction of sp³-hybridized carbons (Fsp3) is 0.143. The smallest absolute Gasteiger partial charge is 0.386 e. The number of hydrogen-bond acceptors (Lipinski definition) is 4. The highest BCUT2D eigenvalue weighted by molar-refractivity contribution is 7.49. The Bertz CT molecular complexity index is 1180. The second kappa shape index (κ2) is 10.4. The minimum Gasteiger partial charge on any atom is -0.386 e. The zero-order chi connectivity index (χ0) is 23.1. The highest BCUT2D eigenvalue weighted by atomic mass is 31.2. The van der Waals surface area contributed by atoms with Gasteiger partial charge in [0.1, 0.15) is 17.2 Å². The van der Waals surface area contributed by atoms with E-state index in [2.05, 4.69) is 0 Å². The van der Waals surface area contributed by atoms with Gasteiger partial charge >= 0.3 is 7.82 Å². The van der Waals surface area contributed by atoms with Crippen molar-refractivity contribution >= 4 is 7.82 Å². The first kappa shape index (κ1) is 22.7. The Labute approximate surface area is 195 Å². The maximum absolute atomic E-state index is 13.9. The van der Waals surface area contributed by atoms with Crippen LogP contribution in [-0.2, 0) is 17.4 Å². The third kappa shape index (κ3) is 5.66. The average molecular weight is 458 g/mol. The molecule has 0 spiro atoms. The van der Waals surface area contributed by atoms with Crippen LogP contribution in [0.4, 0.5) is 0 Å². The van der Waals surface area contributed by atoms with Crippen molar-refractivity contribution < 1.29 is 18.1 Å². The predicted octanol–water partition coefficient (Wildman–Crippen LogP) is 8.12. The Morgan fingerprint density at radius 1 is 0.545 bits per heavy atom. The average Bonchev–Trinajstić information content (AvgIpc) is 2.85. The molecule has 4 rings (SSSR count). The first-order valence-electron chi connectivity index (χ1n) is 11.1.